The summed E-state index contributed by atoms with van der Waals surface area (Å²) in [6.07, 6.45) is 5.82. The van der Waals surface area contributed by atoms with Crippen molar-refractivity contribution in [3.8, 4) is 5.75 Å². The number of carbonyl (C=O) groups is 1. The van der Waals surface area contributed by atoms with Gasteiger partial charge in [0.25, 0.3) is 5.91 Å². The zero-order chi connectivity index (χ0) is 21.2. The Bertz CT molecular complexity index is 1070. The molecule has 7 heteroatoms. The molecule has 2 aliphatic heterocycles. The van der Waals surface area contributed by atoms with Gasteiger partial charge in [-0.2, -0.15) is 0 Å². The monoisotopic (exact) mass is 421 g/mol. The minimum atomic E-state index is -0.181. The first-order valence-electron chi connectivity index (χ1n) is 10.9. The second-order valence-corrected chi connectivity index (χ2v) is 8.28. The van der Waals surface area contributed by atoms with Crippen molar-refractivity contribution in [2.24, 2.45) is 5.92 Å². The molecule has 7 nitrogen and oxygen atoms in total. The summed E-state index contributed by atoms with van der Waals surface area (Å²) in [4.78, 5) is 19.6. The lowest BCUT2D eigenvalue weighted by Crippen LogP contribution is -2.43. The Kier molecular flexibility index (Phi) is 5.61. The van der Waals surface area contributed by atoms with Gasteiger partial charge in [0.15, 0.2) is 6.29 Å². The third kappa shape index (κ3) is 4.43. The van der Waals surface area contributed by atoms with E-state index in [0.29, 0.717) is 37.7 Å². The minimum absolute atomic E-state index is 0.0244. The van der Waals surface area contributed by atoms with E-state index in [1.807, 2.05) is 58.1 Å². The Balaban J connectivity index is 1.24. The standard InChI is InChI=1S/C24H27N3O4/c1-17-7-8-22-25-20(15-27(22)13-17)16-31-21-6-2-4-18(12-21)23(28)26-9-3-5-19(14-26)24-29-10-11-30-24/h2,4,6-8,12-13,15,19,24H,3,5,9-11,14,16H2,1H3. The van der Waals surface area contributed by atoms with Crippen molar-refractivity contribution in [2.45, 2.75) is 32.7 Å². The summed E-state index contributed by atoms with van der Waals surface area (Å²) in [5.41, 5.74) is 3.55. The van der Waals surface area contributed by atoms with Crippen molar-refractivity contribution in [2.75, 3.05) is 26.3 Å². The number of benzene rings is 1. The first-order chi connectivity index (χ1) is 15.2. The van der Waals surface area contributed by atoms with Crippen molar-refractivity contribution in [1.29, 1.82) is 0 Å². The van der Waals surface area contributed by atoms with Crippen LogP contribution in [0.1, 0.15) is 34.5 Å². The van der Waals surface area contributed by atoms with E-state index in [1.54, 1.807) is 0 Å². The number of ether oxygens (including phenoxy) is 3. The number of fused-ring (bicyclic) bond motifs is 1. The van der Waals surface area contributed by atoms with Crippen molar-refractivity contribution in [1.82, 2.24) is 14.3 Å². The fourth-order valence-corrected chi connectivity index (χ4v) is 4.35. The van der Waals surface area contributed by atoms with Gasteiger partial charge in [-0.15, -0.1) is 0 Å². The molecule has 2 aliphatic rings. The Labute approximate surface area is 181 Å². The van der Waals surface area contributed by atoms with Gasteiger partial charge < -0.3 is 23.5 Å². The zero-order valence-corrected chi connectivity index (χ0v) is 17.7. The number of imidazole rings is 1. The second-order valence-electron chi connectivity index (χ2n) is 8.28. The van der Waals surface area contributed by atoms with E-state index in [-0.39, 0.29) is 18.1 Å². The van der Waals surface area contributed by atoms with Crippen LogP contribution in [0, 0.1) is 12.8 Å². The fraction of sp³-hybridized carbons (Fsp3) is 0.417. The van der Waals surface area contributed by atoms with Crippen LogP contribution in [0.3, 0.4) is 0 Å². The summed E-state index contributed by atoms with van der Waals surface area (Å²) in [6.45, 7) is 5.10. The number of amides is 1. The highest BCUT2D eigenvalue weighted by molar-refractivity contribution is 5.94. The van der Waals surface area contributed by atoms with Crippen molar-refractivity contribution < 1.29 is 19.0 Å². The smallest absolute Gasteiger partial charge is 0.254 e. The van der Waals surface area contributed by atoms with Crippen LogP contribution in [0.25, 0.3) is 5.65 Å². The summed E-state index contributed by atoms with van der Waals surface area (Å²) in [7, 11) is 0. The largest absolute Gasteiger partial charge is 0.487 e. The predicted molar refractivity (Wildman–Crippen MR) is 115 cm³/mol. The normalized spacial score (nSPS) is 19.8. The molecule has 0 bridgehead atoms. The molecular formula is C24H27N3O4. The number of aryl methyl sites for hydroxylation is 1. The number of nitrogens with zero attached hydrogens (tertiary/aromatic N) is 3. The number of rotatable bonds is 5. The molecular weight excluding hydrogens is 394 g/mol. The summed E-state index contributed by atoms with van der Waals surface area (Å²) in [5, 5.41) is 0. The third-order valence-electron chi connectivity index (χ3n) is 5.89. The molecule has 31 heavy (non-hydrogen) atoms. The van der Waals surface area contributed by atoms with E-state index in [2.05, 4.69) is 11.9 Å². The predicted octanol–water partition coefficient (Wildman–Crippen LogP) is 3.45. The Morgan fingerprint density at radius 3 is 2.94 bits per heavy atom. The van der Waals surface area contributed by atoms with Gasteiger partial charge in [-0.05, 0) is 49.6 Å². The van der Waals surface area contributed by atoms with E-state index < -0.39 is 0 Å². The number of aromatic nitrogens is 2. The maximum atomic E-state index is 13.1. The van der Waals surface area contributed by atoms with E-state index in [4.69, 9.17) is 14.2 Å². The minimum Gasteiger partial charge on any atom is -0.487 e. The number of hydrogen-bond acceptors (Lipinski definition) is 5. The van der Waals surface area contributed by atoms with Crippen molar-refractivity contribution in [3.63, 3.8) is 0 Å². The Morgan fingerprint density at radius 1 is 1.19 bits per heavy atom. The van der Waals surface area contributed by atoms with Gasteiger partial charge in [-0.3, -0.25) is 4.79 Å². The summed E-state index contributed by atoms with van der Waals surface area (Å²) >= 11 is 0. The summed E-state index contributed by atoms with van der Waals surface area (Å²) in [5.74, 6) is 0.921. The maximum Gasteiger partial charge on any atom is 0.254 e. The van der Waals surface area contributed by atoms with Gasteiger partial charge in [-0.1, -0.05) is 12.1 Å². The van der Waals surface area contributed by atoms with Crippen LogP contribution in [-0.2, 0) is 16.1 Å². The quantitative estimate of drug-likeness (QED) is 0.631. The number of pyridine rings is 1. The maximum absolute atomic E-state index is 13.1. The van der Waals surface area contributed by atoms with Crippen LogP contribution in [-0.4, -0.2) is 52.8 Å². The van der Waals surface area contributed by atoms with Crippen LogP contribution in [0.15, 0.2) is 48.8 Å². The molecule has 4 heterocycles. The first kappa shape index (κ1) is 20.0. The summed E-state index contributed by atoms with van der Waals surface area (Å²) in [6, 6.07) is 11.4. The lowest BCUT2D eigenvalue weighted by Gasteiger charge is -2.34. The topological polar surface area (TPSA) is 65.3 Å². The van der Waals surface area contributed by atoms with Gasteiger partial charge in [0.1, 0.15) is 18.0 Å². The van der Waals surface area contributed by atoms with Gasteiger partial charge in [-0.25, -0.2) is 4.98 Å². The molecule has 162 valence electrons. The van der Waals surface area contributed by atoms with Crippen LogP contribution in [0.2, 0.25) is 0 Å². The lowest BCUT2D eigenvalue weighted by molar-refractivity contribution is -0.0969. The van der Waals surface area contributed by atoms with E-state index in [0.717, 1.165) is 30.7 Å². The molecule has 0 radical (unpaired) electrons. The first-order valence-corrected chi connectivity index (χ1v) is 10.9. The molecule has 1 unspecified atom stereocenters. The molecule has 1 amide bonds. The van der Waals surface area contributed by atoms with E-state index in [1.165, 1.54) is 5.56 Å². The average molecular weight is 421 g/mol. The SMILES string of the molecule is Cc1ccc2nc(COc3cccc(C(=O)N4CCCC(C5OCCO5)C4)c3)cn2c1. The molecule has 0 spiro atoms. The van der Waals surface area contributed by atoms with Gasteiger partial charge >= 0.3 is 0 Å². The molecule has 0 aliphatic carbocycles. The highest BCUT2D eigenvalue weighted by atomic mass is 16.7. The zero-order valence-electron chi connectivity index (χ0n) is 17.7. The van der Waals surface area contributed by atoms with Gasteiger partial charge in [0, 0.05) is 37.0 Å². The second kappa shape index (κ2) is 8.69. The van der Waals surface area contributed by atoms with E-state index in [9.17, 15) is 4.79 Å². The fourth-order valence-electron chi connectivity index (χ4n) is 4.35. The lowest BCUT2D eigenvalue weighted by atomic mass is 9.96. The number of carbonyl (C=O) groups excluding carboxylic acids is 1. The van der Waals surface area contributed by atoms with Crippen LogP contribution < -0.4 is 4.74 Å². The van der Waals surface area contributed by atoms with Crippen LogP contribution >= 0.6 is 0 Å². The molecule has 1 atom stereocenters. The Morgan fingerprint density at radius 2 is 2.06 bits per heavy atom. The molecule has 1 aromatic carbocycles. The highest BCUT2D eigenvalue weighted by Gasteiger charge is 2.33. The molecule has 2 aromatic heterocycles. The highest BCUT2D eigenvalue weighted by Crippen LogP contribution is 2.26. The molecule has 2 fully saturated rings. The van der Waals surface area contributed by atoms with E-state index >= 15 is 0 Å². The van der Waals surface area contributed by atoms with Crippen molar-refractivity contribution >= 4 is 11.6 Å². The molecule has 2 saturated heterocycles. The molecule has 5 rings (SSSR count). The van der Waals surface area contributed by atoms with Crippen LogP contribution in [0.5, 0.6) is 5.75 Å². The van der Waals surface area contributed by atoms with Gasteiger partial charge in [0.2, 0.25) is 0 Å². The molecule has 3 aromatic rings. The Hall–Kier alpha value is -2.90. The number of hydrogen-bond donors (Lipinski definition) is 0. The number of piperidine rings is 1. The van der Waals surface area contributed by atoms with Crippen molar-refractivity contribution in [3.05, 3.63) is 65.6 Å². The average Bonchev–Trinajstić information content (AvgIpc) is 3.47. The molecule has 0 N–H and O–H groups in total. The number of likely N-dealkylation sites (tertiary alicyclic amines) is 1. The molecule has 0 saturated carbocycles. The summed E-state index contributed by atoms with van der Waals surface area (Å²) < 4.78 is 19.3. The third-order valence-corrected chi connectivity index (χ3v) is 5.89. The van der Waals surface area contributed by atoms with Crippen LogP contribution in [0.4, 0.5) is 0 Å². The van der Waals surface area contributed by atoms with Gasteiger partial charge in [0.05, 0.1) is 18.9 Å².